The maximum absolute atomic E-state index is 9.20. The Morgan fingerprint density at radius 1 is 1.11 bits per heavy atom. The van der Waals surface area contributed by atoms with Gasteiger partial charge >= 0.3 is 0 Å². The first-order valence-electron chi connectivity index (χ1n) is 10.4. The van der Waals surface area contributed by atoms with Crippen molar-refractivity contribution >= 4 is 16.7 Å². The van der Waals surface area contributed by atoms with Gasteiger partial charge in [-0.25, -0.2) is 4.98 Å². The molecule has 2 saturated heterocycles. The Hall–Kier alpha value is -1.69. The molecule has 1 aromatic carbocycles. The quantitative estimate of drug-likeness (QED) is 0.879. The van der Waals surface area contributed by atoms with Crippen LogP contribution in [0.15, 0.2) is 24.3 Å². The molecule has 1 aromatic heterocycles. The molecule has 0 bridgehead atoms. The summed E-state index contributed by atoms with van der Waals surface area (Å²) < 4.78 is 0. The highest BCUT2D eigenvalue weighted by molar-refractivity contribution is 5.82. The summed E-state index contributed by atoms with van der Waals surface area (Å²) in [6.45, 7) is 11.6. The van der Waals surface area contributed by atoms with Gasteiger partial charge in [0, 0.05) is 56.3 Å². The predicted octanol–water partition coefficient (Wildman–Crippen LogP) is 2.64. The molecular weight excluding hydrogens is 336 g/mol. The molecule has 2 aliphatic heterocycles. The number of anilines is 1. The van der Waals surface area contributed by atoms with Crippen LogP contribution in [-0.2, 0) is 6.54 Å². The van der Waals surface area contributed by atoms with Gasteiger partial charge in [0.05, 0.1) is 12.1 Å². The maximum atomic E-state index is 9.20. The first kappa shape index (κ1) is 18.7. The summed E-state index contributed by atoms with van der Waals surface area (Å²) in [4.78, 5) is 12.5. The number of hydrogen-bond donors (Lipinski definition) is 1. The van der Waals surface area contributed by atoms with Crippen molar-refractivity contribution in [1.29, 1.82) is 0 Å². The van der Waals surface area contributed by atoms with E-state index in [0.29, 0.717) is 6.04 Å². The smallest absolute Gasteiger partial charge is 0.133 e. The number of aliphatic hydroxyl groups is 1. The van der Waals surface area contributed by atoms with E-state index in [2.05, 4.69) is 52.8 Å². The van der Waals surface area contributed by atoms with E-state index < -0.39 is 0 Å². The van der Waals surface area contributed by atoms with Crippen molar-refractivity contribution in [3.05, 3.63) is 35.4 Å². The van der Waals surface area contributed by atoms with Crippen LogP contribution in [0.25, 0.3) is 10.9 Å². The lowest BCUT2D eigenvalue weighted by molar-refractivity contribution is 0.188. The molecule has 27 heavy (non-hydrogen) atoms. The molecule has 0 unspecified atom stereocenters. The van der Waals surface area contributed by atoms with Crippen molar-refractivity contribution in [2.24, 2.45) is 0 Å². The monoisotopic (exact) mass is 368 g/mol. The minimum atomic E-state index is 0.242. The number of benzene rings is 1. The molecule has 1 N–H and O–H groups in total. The lowest BCUT2D eigenvalue weighted by atomic mass is 10.1. The highest BCUT2D eigenvalue weighted by Gasteiger charge is 2.25. The molecule has 1 atom stereocenters. The van der Waals surface area contributed by atoms with Crippen molar-refractivity contribution < 1.29 is 5.11 Å². The zero-order chi connectivity index (χ0) is 18.8. The molecule has 0 saturated carbocycles. The van der Waals surface area contributed by atoms with Gasteiger partial charge in [0.2, 0.25) is 0 Å². The Morgan fingerprint density at radius 2 is 1.93 bits per heavy atom. The van der Waals surface area contributed by atoms with E-state index in [0.717, 1.165) is 50.6 Å². The third kappa shape index (κ3) is 4.10. The molecule has 2 aromatic rings. The Morgan fingerprint density at radius 3 is 2.63 bits per heavy atom. The number of piperazine rings is 1. The van der Waals surface area contributed by atoms with E-state index >= 15 is 0 Å². The van der Waals surface area contributed by atoms with Crippen LogP contribution >= 0.6 is 0 Å². The molecule has 5 heteroatoms. The molecule has 2 aliphatic rings. The first-order chi connectivity index (χ1) is 13.1. The Balaban J connectivity index is 1.64. The Labute approximate surface area is 162 Å². The van der Waals surface area contributed by atoms with Gasteiger partial charge in [0.25, 0.3) is 0 Å². The van der Waals surface area contributed by atoms with Crippen LogP contribution in [0.2, 0.25) is 0 Å². The number of rotatable bonds is 5. The number of aliphatic hydroxyl groups excluding tert-OH is 1. The van der Waals surface area contributed by atoms with Gasteiger partial charge in [-0.15, -0.1) is 0 Å². The normalized spacial score (nSPS) is 22.0. The third-order valence-corrected chi connectivity index (χ3v) is 6.18. The van der Waals surface area contributed by atoms with Gasteiger partial charge in [0.15, 0.2) is 0 Å². The summed E-state index contributed by atoms with van der Waals surface area (Å²) >= 11 is 0. The molecule has 0 amide bonds. The number of likely N-dealkylation sites (tertiary alicyclic amines) is 1. The fourth-order valence-electron chi connectivity index (χ4n) is 4.47. The van der Waals surface area contributed by atoms with Gasteiger partial charge in [-0.3, -0.25) is 9.80 Å². The summed E-state index contributed by atoms with van der Waals surface area (Å²) in [7, 11) is 0. The van der Waals surface area contributed by atoms with Gasteiger partial charge < -0.3 is 10.0 Å². The van der Waals surface area contributed by atoms with E-state index in [1.807, 2.05) is 0 Å². The number of pyridine rings is 1. The summed E-state index contributed by atoms with van der Waals surface area (Å²) in [5.74, 6) is 1.16. The second kappa shape index (κ2) is 8.13. The number of aromatic nitrogens is 1. The lowest BCUT2D eigenvalue weighted by Gasteiger charge is -2.36. The molecular formula is C22H32N4O. The fraction of sp³-hybridized carbons (Fsp3) is 0.591. The van der Waals surface area contributed by atoms with Gasteiger partial charge in [-0.05, 0) is 50.9 Å². The largest absolute Gasteiger partial charge is 0.395 e. The van der Waals surface area contributed by atoms with Crippen LogP contribution in [0.1, 0.15) is 30.9 Å². The van der Waals surface area contributed by atoms with E-state index in [4.69, 9.17) is 4.98 Å². The molecule has 146 valence electrons. The number of β-amino-alcohol motifs (C(OH)–C–C–N with tert-alkyl or cyclic N) is 1. The number of nitrogens with zero attached hydrogens (tertiary/aromatic N) is 4. The number of fused-ring (bicyclic) bond motifs is 1. The minimum absolute atomic E-state index is 0.242. The third-order valence-electron chi connectivity index (χ3n) is 6.18. The van der Waals surface area contributed by atoms with Crippen LogP contribution in [0.4, 0.5) is 5.82 Å². The molecule has 5 nitrogen and oxygen atoms in total. The standard InChI is InChI=1S/C22H32N4O/c1-17-5-6-19-15-20(16-26-7-3-4-18(26)2)22(23-21(19)14-17)25-10-8-24(9-11-25)12-13-27/h5-6,14-15,18,27H,3-4,7-13,16H2,1-2H3/t18-/m0/s1. The topological polar surface area (TPSA) is 42.8 Å². The molecule has 4 rings (SSSR count). The summed E-state index contributed by atoms with van der Waals surface area (Å²) in [5, 5.41) is 10.4. The molecule has 3 heterocycles. The summed E-state index contributed by atoms with van der Waals surface area (Å²) in [6, 6.07) is 9.61. The first-order valence-corrected chi connectivity index (χ1v) is 10.4. The zero-order valence-corrected chi connectivity index (χ0v) is 16.7. The van der Waals surface area contributed by atoms with Crippen LogP contribution in [0.5, 0.6) is 0 Å². The molecule has 0 radical (unpaired) electrons. The average molecular weight is 369 g/mol. The summed E-state index contributed by atoms with van der Waals surface area (Å²) in [6.07, 6.45) is 2.60. The predicted molar refractivity (Wildman–Crippen MR) is 111 cm³/mol. The van der Waals surface area contributed by atoms with Gasteiger partial charge in [-0.1, -0.05) is 12.1 Å². The van der Waals surface area contributed by atoms with Gasteiger partial charge in [0.1, 0.15) is 5.82 Å². The minimum Gasteiger partial charge on any atom is -0.395 e. The average Bonchev–Trinajstić information content (AvgIpc) is 3.07. The van der Waals surface area contributed by atoms with E-state index in [1.165, 1.54) is 35.9 Å². The van der Waals surface area contributed by atoms with Crippen molar-refractivity contribution in [3.63, 3.8) is 0 Å². The number of hydrogen-bond acceptors (Lipinski definition) is 5. The Bertz CT molecular complexity index is 785. The number of aryl methyl sites for hydroxylation is 1. The fourth-order valence-corrected chi connectivity index (χ4v) is 4.47. The van der Waals surface area contributed by atoms with Crippen LogP contribution in [0, 0.1) is 6.92 Å². The lowest BCUT2D eigenvalue weighted by Crippen LogP contribution is -2.47. The second-order valence-corrected chi connectivity index (χ2v) is 8.18. The summed E-state index contributed by atoms with van der Waals surface area (Å²) in [5.41, 5.74) is 3.71. The van der Waals surface area contributed by atoms with Crippen LogP contribution < -0.4 is 4.90 Å². The molecule has 0 aliphatic carbocycles. The zero-order valence-electron chi connectivity index (χ0n) is 16.7. The van der Waals surface area contributed by atoms with Crippen molar-refractivity contribution in [3.8, 4) is 0 Å². The SMILES string of the molecule is Cc1ccc2cc(CN3CCC[C@@H]3C)c(N3CCN(CCO)CC3)nc2c1. The van der Waals surface area contributed by atoms with Crippen LogP contribution in [-0.4, -0.2) is 71.8 Å². The maximum Gasteiger partial charge on any atom is 0.133 e. The Kier molecular flexibility index (Phi) is 5.62. The van der Waals surface area contributed by atoms with Crippen molar-refractivity contribution in [1.82, 2.24) is 14.8 Å². The van der Waals surface area contributed by atoms with E-state index in [1.54, 1.807) is 0 Å². The highest BCUT2D eigenvalue weighted by atomic mass is 16.3. The molecule has 2 fully saturated rings. The highest BCUT2D eigenvalue weighted by Crippen LogP contribution is 2.29. The van der Waals surface area contributed by atoms with Crippen molar-refractivity contribution in [2.75, 3.05) is 50.8 Å². The van der Waals surface area contributed by atoms with Crippen LogP contribution in [0.3, 0.4) is 0 Å². The van der Waals surface area contributed by atoms with E-state index in [9.17, 15) is 5.11 Å². The van der Waals surface area contributed by atoms with Crippen molar-refractivity contribution in [2.45, 2.75) is 39.3 Å². The van der Waals surface area contributed by atoms with E-state index in [-0.39, 0.29) is 6.61 Å². The molecule has 0 spiro atoms. The van der Waals surface area contributed by atoms with Gasteiger partial charge in [-0.2, -0.15) is 0 Å². The second-order valence-electron chi connectivity index (χ2n) is 8.18.